The number of nitro groups is 2. The molecule has 0 heterocycles. The minimum Gasteiger partial charge on any atom is -0.269 e. The van der Waals surface area contributed by atoms with Crippen LogP contribution in [-0.4, -0.2) is 9.85 Å². The molecule has 1 aromatic carbocycles. The number of para-hydroxylation sites is 1. The van der Waals surface area contributed by atoms with Gasteiger partial charge in [-0.25, -0.2) is 0 Å². The van der Waals surface area contributed by atoms with Gasteiger partial charge in [-0.1, -0.05) is 6.07 Å². The molecule has 0 saturated heterocycles. The van der Waals surface area contributed by atoms with Crippen molar-refractivity contribution in [2.75, 3.05) is 0 Å². The maximum Gasteiger partial charge on any atom is 0.360 e. The molecule has 7 nitrogen and oxygen atoms in total. The summed E-state index contributed by atoms with van der Waals surface area (Å²) in [7, 11) is -0.613. The van der Waals surface area contributed by atoms with E-state index in [1.807, 2.05) is 0 Å². The van der Waals surface area contributed by atoms with Gasteiger partial charge >= 0.3 is 11.4 Å². The van der Waals surface area contributed by atoms with Crippen LogP contribution >= 0.6 is 8.46 Å². The van der Waals surface area contributed by atoms with Crippen molar-refractivity contribution >= 4 is 25.1 Å². The van der Waals surface area contributed by atoms with Gasteiger partial charge in [0.25, 0.3) is 0 Å². The van der Waals surface area contributed by atoms with Crippen molar-refractivity contribution in [2.45, 2.75) is 0 Å². The largest absolute Gasteiger partial charge is 0.360 e. The second-order valence-corrected chi connectivity index (χ2v) is 2.91. The predicted molar refractivity (Wildman–Crippen MR) is 47.0 cm³/mol. The summed E-state index contributed by atoms with van der Waals surface area (Å²) < 4.78 is 10.5. The van der Waals surface area contributed by atoms with Crippen molar-refractivity contribution in [3.8, 4) is 0 Å². The molecule has 1 rings (SSSR count). The topological polar surface area (TPSA) is 103 Å². The van der Waals surface area contributed by atoms with Crippen molar-refractivity contribution in [1.29, 1.82) is 0 Å². The van der Waals surface area contributed by atoms with E-state index >= 15 is 0 Å². The zero-order valence-electron chi connectivity index (χ0n) is 6.61. The van der Waals surface area contributed by atoms with Gasteiger partial charge in [0.1, 0.15) is 5.30 Å². The van der Waals surface area contributed by atoms with Crippen molar-refractivity contribution in [2.24, 2.45) is 0 Å². The summed E-state index contributed by atoms with van der Waals surface area (Å²) in [5, 5.41) is 20.6. The van der Waals surface area contributed by atoms with Crippen LogP contribution < -0.4 is 5.30 Å². The Labute approximate surface area is 78.9 Å². The van der Waals surface area contributed by atoms with Gasteiger partial charge in [-0.3, -0.25) is 24.8 Å². The zero-order chi connectivity index (χ0) is 10.7. The van der Waals surface area contributed by atoms with Gasteiger partial charge in [0.2, 0.25) is 0 Å². The Morgan fingerprint density at radius 2 is 1.79 bits per heavy atom. The summed E-state index contributed by atoms with van der Waals surface area (Å²) in [6, 6.07) is 3.43. The molecule has 0 aliphatic carbocycles. The highest BCUT2D eigenvalue weighted by atomic mass is 31.1. The first-order valence-corrected chi connectivity index (χ1v) is 4.14. The van der Waals surface area contributed by atoms with E-state index in [9.17, 15) is 24.8 Å². The maximum atomic E-state index is 10.5. The van der Waals surface area contributed by atoms with Crippen molar-refractivity contribution in [3.05, 3.63) is 38.4 Å². The van der Waals surface area contributed by atoms with Crippen LogP contribution in [0.5, 0.6) is 0 Å². The smallest absolute Gasteiger partial charge is 0.269 e. The molecule has 0 aliphatic rings. The number of hydrogen-bond acceptors (Lipinski definition) is 5. The monoisotopic (exact) mass is 214 g/mol. The van der Waals surface area contributed by atoms with Gasteiger partial charge in [-0.2, -0.15) is 0 Å². The molecule has 0 aliphatic heterocycles. The van der Waals surface area contributed by atoms with Crippen LogP contribution in [0.4, 0.5) is 11.4 Å². The molecule has 14 heavy (non-hydrogen) atoms. The molecular formula is C6H3N2O5P. The average molecular weight is 214 g/mol. The Bertz CT molecular complexity index is 419. The molecular weight excluding hydrogens is 211 g/mol. The lowest BCUT2D eigenvalue weighted by Crippen LogP contribution is -2.06. The third-order valence-corrected chi connectivity index (χ3v) is 2.03. The van der Waals surface area contributed by atoms with E-state index in [1.54, 1.807) is 0 Å². The van der Waals surface area contributed by atoms with E-state index in [0.717, 1.165) is 6.07 Å². The van der Waals surface area contributed by atoms with Gasteiger partial charge in [0.15, 0.2) is 8.46 Å². The second-order valence-electron chi connectivity index (χ2n) is 2.25. The molecule has 0 bridgehead atoms. The third-order valence-electron chi connectivity index (χ3n) is 1.47. The Hall–Kier alpha value is -1.88. The van der Waals surface area contributed by atoms with E-state index in [-0.39, 0.29) is 5.30 Å². The van der Waals surface area contributed by atoms with Gasteiger partial charge in [0, 0.05) is 6.07 Å². The molecule has 0 fully saturated rings. The summed E-state index contributed by atoms with van der Waals surface area (Å²) in [5.41, 5.74) is -1.38. The number of hydrogen-bond donors (Lipinski definition) is 0. The molecule has 0 N–H and O–H groups in total. The van der Waals surface area contributed by atoms with E-state index in [0.29, 0.717) is 0 Å². The molecule has 0 spiro atoms. The summed E-state index contributed by atoms with van der Waals surface area (Å²) in [5.74, 6) is 0. The highest BCUT2D eigenvalue weighted by Gasteiger charge is 2.27. The quantitative estimate of drug-likeness (QED) is 0.429. The fourth-order valence-electron chi connectivity index (χ4n) is 0.928. The van der Waals surface area contributed by atoms with Gasteiger partial charge in [0.05, 0.1) is 9.85 Å². The van der Waals surface area contributed by atoms with E-state index in [1.165, 1.54) is 12.1 Å². The lowest BCUT2D eigenvalue weighted by atomic mass is 10.3. The van der Waals surface area contributed by atoms with Gasteiger partial charge < -0.3 is 0 Å². The number of nitro benzene ring substituents is 2. The van der Waals surface area contributed by atoms with E-state index in [2.05, 4.69) is 0 Å². The third kappa shape index (κ3) is 1.72. The summed E-state index contributed by atoms with van der Waals surface area (Å²) in [4.78, 5) is 19.1. The normalized spacial score (nSPS) is 10.0. The molecule has 72 valence electrons. The van der Waals surface area contributed by atoms with Crippen LogP contribution in [0.2, 0.25) is 0 Å². The highest BCUT2D eigenvalue weighted by Crippen LogP contribution is 2.26. The zero-order valence-corrected chi connectivity index (χ0v) is 7.51. The molecule has 0 aromatic heterocycles. The molecule has 0 atom stereocenters. The first kappa shape index (κ1) is 10.2. The fourth-order valence-corrected chi connectivity index (χ4v) is 1.36. The van der Waals surface area contributed by atoms with Gasteiger partial charge in [-0.05, 0) is 6.07 Å². The first-order valence-electron chi connectivity index (χ1n) is 3.33. The van der Waals surface area contributed by atoms with Crippen molar-refractivity contribution < 1.29 is 14.4 Å². The molecule has 8 heteroatoms. The van der Waals surface area contributed by atoms with Crippen LogP contribution in [0, 0.1) is 20.2 Å². The Morgan fingerprint density at radius 3 is 2.21 bits per heavy atom. The maximum absolute atomic E-state index is 10.5. The Morgan fingerprint density at radius 1 is 1.14 bits per heavy atom. The molecule has 0 saturated carbocycles. The molecule has 0 amide bonds. The van der Waals surface area contributed by atoms with Crippen LogP contribution in [-0.2, 0) is 4.57 Å². The average Bonchev–Trinajstić information content (AvgIpc) is 2.16. The van der Waals surface area contributed by atoms with Crippen LogP contribution in [0.1, 0.15) is 0 Å². The first-order chi connectivity index (χ1) is 6.57. The van der Waals surface area contributed by atoms with E-state index < -0.39 is 29.7 Å². The standard InChI is InChI=1S/C6H3N2O5P/c9-7(10)4-2-1-3-5(14-13)6(4)8(11)12/h1-3H. The number of benzene rings is 1. The molecule has 1 aromatic rings. The summed E-state index contributed by atoms with van der Waals surface area (Å²) >= 11 is 0. The minimum absolute atomic E-state index is 0.204. The SMILES string of the molecule is O=Pc1cccc([N+](=O)[O-])c1[N+](=O)[O-]. The minimum atomic E-state index is -0.918. The van der Waals surface area contributed by atoms with Crippen LogP contribution in [0.3, 0.4) is 0 Å². The van der Waals surface area contributed by atoms with E-state index in [4.69, 9.17) is 0 Å². The number of rotatable bonds is 3. The Balaban J connectivity index is 3.51. The number of nitrogens with zero attached hydrogens (tertiary/aromatic N) is 2. The molecule has 0 unspecified atom stereocenters. The molecule has 0 radical (unpaired) electrons. The summed E-state index contributed by atoms with van der Waals surface area (Å²) in [6.45, 7) is 0. The van der Waals surface area contributed by atoms with Crippen molar-refractivity contribution in [1.82, 2.24) is 0 Å². The van der Waals surface area contributed by atoms with Gasteiger partial charge in [-0.15, -0.1) is 0 Å². The second kappa shape index (κ2) is 3.89. The Kier molecular flexibility index (Phi) is 2.83. The van der Waals surface area contributed by atoms with Crippen LogP contribution in [0.25, 0.3) is 0 Å². The summed E-state index contributed by atoms with van der Waals surface area (Å²) in [6.07, 6.45) is 0. The fraction of sp³-hybridized carbons (Fsp3) is 0. The lowest BCUT2D eigenvalue weighted by molar-refractivity contribution is -0.421. The predicted octanol–water partition coefficient (Wildman–Crippen LogP) is 1.42. The van der Waals surface area contributed by atoms with Crippen molar-refractivity contribution in [3.63, 3.8) is 0 Å². The highest BCUT2D eigenvalue weighted by molar-refractivity contribution is 7.34. The lowest BCUT2D eigenvalue weighted by Gasteiger charge is -1.95. The van der Waals surface area contributed by atoms with Crippen LogP contribution in [0.15, 0.2) is 18.2 Å².